The maximum atomic E-state index is 13.1. The second kappa shape index (κ2) is 8.81. The number of hydroxylamine groups is 1. The van der Waals surface area contributed by atoms with E-state index < -0.39 is 22.0 Å². The number of hydrogen-bond donors (Lipinski definition) is 2. The monoisotopic (exact) mass is 420 g/mol. The number of nitrogens with zero attached hydrogens (tertiary/aromatic N) is 1. The predicted octanol–water partition coefficient (Wildman–Crippen LogP) is 2.78. The Morgan fingerprint density at radius 3 is 2.17 bits per heavy atom. The van der Waals surface area contributed by atoms with Crippen molar-refractivity contribution in [1.82, 2.24) is 9.79 Å². The van der Waals surface area contributed by atoms with E-state index in [9.17, 15) is 13.2 Å². The lowest BCUT2D eigenvalue weighted by molar-refractivity contribution is -0.135. The zero-order valence-corrected chi connectivity index (χ0v) is 17.1. The average molecular weight is 420 g/mol. The molecule has 0 bridgehead atoms. The molecule has 9 heteroatoms. The molecule has 156 valence electrons. The van der Waals surface area contributed by atoms with E-state index >= 15 is 0 Å². The second-order valence-corrected chi connectivity index (χ2v) is 8.80. The van der Waals surface area contributed by atoms with Crippen LogP contribution in [0, 0.1) is 5.92 Å². The molecule has 0 aromatic heterocycles. The predicted molar refractivity (Wildman–Crippen MR) is 106 cm³/mol. The summed E-state index contributed by atoms with van der Waals surface area (Å²) in [5, 5.41) is 9.02. The molecule has 1 aliphatic heterocycles. The number of nitrogens with one attached hydrogen (secondary N) is 1. The summed E-state index contributed by atoms with van der Waals surface area (Å²) in [7, 11) is -2.33. The van der Waals surface area contributed by atoms with Crippen LogP contribution in [0.15, 0.2) is 53.4 Å². The Hall–Kier alpha value is -2.62. The van der Waals surface area contributed by atoms with Crippen LogP contribution in [0.5, 0.6) is 17.2 Å². The van der Waals surface area contributed by atoms with Crippen LogP contribution < -0.4 is 15.0 Å². The first-order chi connectivity index (χ1) is 13.9. The Labute approximate surface area is 170 Å². The molecule has 0 aliphatic carbocycles. The van der Waals surface area contributed by atoms with Crippen LogP contribution in [-0.2, 0) is 14.8 Å². The summed E-state index contributed by atoms with van der Waals surface area (Å²) in [5.74, 6) is 0.844. The molecular weight excluding hydrogens is 396 g/mol. The van der Waals surface area contributed by atoms with Gasteiger partial charge in [0.15, 0.2) is 0 Å². The molecule has 1 unspecified atom stereocenters. The van der Waals surface area contributed by atoms with Gasteiger partial charge in [-0.3, -0.25) is 10.0 Å². The molecule has 3 rings (SSSR count). The summed E-state index contributed by atoms with van der Waals surface area (Å²) in [5.41, 5.74) is 1.59. The summed E-state index contributed by atoms with van der Waals surface area (Å²) in [6.45, 7) is 2.02. The lowest BCUT2D eigenvalue weighted by Gasteiger charge is -2.37. The second-order valence-electron chi connectivity index (χ2n) is 6.91. The number of carbonyl (C=O) groups excluding carboxylic acids is 1. The smallest absolute Gasteiger partial charge is 0.262 e. The SMILES string of the molecule is COc1ccc(Oc2ccc(S(=O)(=O)N3CCCC(C)[C@H]3C(=O)NO)cc2)cc1. The van der Waals surface area contributed by atoms with Gasteiger partial charge in [-0.25, -0.2) is 13.9 Å². The molecule has 1 heterocycles. The van der Waals surface area contributed by atoms with Crippen molar-refractivity contribution in [3.63, 3.8) is 0 Å². The Bertz CT molecular complexity index is 944. The van der Waals surface area contributed by atoms with E-state index in [1.165, 1.54) is 12.1 Å². The van der Waals surface area contributed by atoms with Gasteiger partial charge in [0.1, 0.15) is 23.3 Å². The Balaban J connectivity index is 1.80. The van der Waals surface area contributed by atoms with Crippen molar-refractivity contribution in [2.24, 2.45) is 5.92 Å². The van der Waals surface area contributed by atoms with Crippen molar-refractivity contribution < 1.29 is 27.9 Å². The maximum absolute atomic E-state index is 13.1. The zero-order chi connectivity index (χ0) is 21.0. The molecule has 1 aliphatic rings. The van der Waals surface area contributed by atoms with Crippen molar-refractivity contribution in [3.8, 4) is 17.2 Å². The number of amides is 1. The van der Waals surface area contributed by atoms with Gasteiger partial charge in [-0.2, -0.15) is 4.31 Å². The van der Waals surface area contributed by atoms with E-state index in [1.807, 2.05) is 0 Å². The molecule has 2 atom stereocenters. The van der Waals surface area contributed by atoms with Crippen LogP contribution in [-0.4, -0.2) is 43.5 Å². The van der Waals surface area contributed by atoms with E-state index in [0.717, 1.165) is 4.31 Å². The van der Waals surface area contributed by atoms with Gasteiger partial charge in [0, 0.05) is 6.54 Å². The summed E-state index contributed by atoms with van der Waals surface area (Å²) in [6.07, 6.45) is 1.35. The molecule has 2 N–H and O–H groups in total. The fourth-order valence-corrected chi connectivity index (χ4v) is 5.19. The van der Waals surface area contributed by atoms with Crippen LogP contribution >= 0.6 is 0 Å². The van der Waals surface area contributed by atoms with Crippen molar-refractivity contribution >= 4 is 15.9 Å². The number of sulfonamides is 1. The van der Waals surface area contributed by atoms with Gasteiger partial charge in [-0.15, -0.1) is 0 Å². The van der Waals surface area contributed by atoms with E-state index in [-0.39, 0.29) is 17.4 Å². The minimum absolute atomic E-state index is 0.0596. The van der Waals surface area contributed by atoms with E-state index in [2.05, 4.69) is 0 Å². The molecule has 0 saturated carbocycles. The van der Waals surface area contributed by atoms with E-state index in [4.69, 9.17) is 14.7 Å². The van der Waals surface area contributed by atoms with Crippen molar-refractivity contribution in [2.75, 3.05) is 13.7 Å². The standard InChI is InChI=1S/C20H24N2O6S/c1-14-4-3-13-22(19(14)20(23)21-24)29(25,26)18-11-9-17(10-12-18)28-16-7-5-15(27-2)6-8-16/h5-12,14,19,24H,3-4,13H2,1-2H3,(H,21,23)/t14?,19-/m0/s1. The summed E-state index contributed by atoms with van der Waals surface area (Å²) in [4.78, 5) is 12.1. The van der Waals surface area contributed by atoms with Crippen molar-refractivity contribution in [2.45, 2.75) is 30.7 Å². The molecule has 0 spiro atoms. The largest absolute Gasteiger partial charge is 0.497 e. The third-order valence-electron chi connectivity index (χ3n) is 4.99. The first-order valence-corrected chi connectivity index (χ1v) is 10.7. The van der Waals surface area contributed by atoms with Gasteiger partial charge in [-0.1, -0.05) is 6.92 Å². The quantitative estimate of drug-likeness (QED) is 0.550. The molecule has 2 aromatic carbocycles. The molecule has 1 fully saturated rings. The topological polar surface area (TPSA) is 105 Å². The molecule has 8 nitrogen and oxygen atoms in total. The number of rotatable bonds is 6. The molecule has 2 aromatic rings. The molecule has 29 heavy (non-hydrogen) atoms. The fourth-order valence-electron chi connectivity index (χ4n) is 3.47. The molecule has 0 radical (unpaired) electrons. The Morgan fingerprint density at radius 1 is 1.07 bits per heavy atom. The highest BCUT2D eigenvalue weighted by molar-refractivity contribution is 7.89. The first-order valence-electron chi connectivity index (χ1n) is 9.24. The van der Waals surface area contributed by atoms with E-state index in [1.54, 1.807) is 55.9 Å². The number of hydrogen-bond acceptors (Lipinski definition) is 6. The molecule has 1 saturated heterocycles. The van der Waals surface area contributed by atoms with Crippen molar-refractivity contribution in [3.05, 3.63) is 48.5 Å². The van der Waals surface area contributed by atoms with Gasteiger partial charge >= 0.3 is 0 Å². The van der Waals surface area contributed by atoms with Gasteiger partial charge in [0.05, 0.1) is 12.0 Å². The minimum atomic E-state index is -3.91. The average Bonchev–Trinajstić information content (AvgIpc) is 2.74. The number of ether oxygens (including phenoxy) is 2. The maximum Gasteiger partial charge on any atom is 0.262 e. The normalized spacial score (nSPS) is 20.1. The lowest BCUT2D eigenvalue weighted by atomic mass is 9.92. The fraction of sp³-hybridized carbons (Fsp3) is 0.350. The molecule has 1 amide bonds. The highest BCUT2D eigenvalue weighted by Gasteiger charge is 2.41. The summed E-state index contributed by atoms with van der Waals surface area (Å²) >= 11 is 0. The van der Waals surface area contributed by atoms with Gasteiger partial charge in [0.25, 0.3) is 5.91 Å². The zero-order valence-electron chi connectivity index (χ0n) is 16.2. The van der Waals surface area contributed by atoms with Crippen LogP contribution in [0.4, 0.5) is 0 Å². The number of piperidine rings is 1. The van der Waals surface area contributed by atoms with Crippen molar-refractivity contribution in [1.29, 1.82) is 0 Å². The van der Waals surface area contributed by atoms with Gasteiger partial charge in [0.2, 0.25) is 10.0 Å². The Morgan fingerprint density at radius 2 is 1.62 bits per heavy atom. The van der Waals surface area contributed by atoms with Crippen LogP contribution in [0.25, 0.3) is 0 Å². The summed E-state index contributed by atoms with van der Waals surface area (Å²) in [6, 6.07) is 12.1. The van der Waals surface area contributed by atoms with Gasteiger partial charge < -0.3 is 9.47 Å². The van der Waals surface area contributed by atoms with Crippen LogP contribution in [0.3, 0.4) is 0 Å². The third-order valence-corrected chi connectivity index (χ3v) is 6.89. The molecular formula is C20H24N2O6S. The third kappa shape index (κ3) is 4.52. The summed E-state index contributed by atoms with van der Waals surface area (Å²) < 4.78 is 38.2. The highest BCUT2D eigenvalue weighted by Crippen LogP contribution is 2.31. The first kappa shape index (κ1) is 21.1. The highest BCUT2D eigenvalue weighted by atomic mass is 32.2. The van der Waals surface area contributed by atoms with Crippen LogP contribution in [0.1, 0.15) is 19.8 Å². The van der Waals surface area contributed by atoms with E-state index in [0.29, 0.717) is 30.1 Å². The van der Waals surface area contributed by atoms with Gasteiger partial charge in [-0.05, 0) is 67.3 Å². The minimum Gasteiger partial charge on any atom is -0.497 e. The number of carbonyl (C=O) groups is 1. The van der Waals surface area contributed by atoms with Crippen LogP contribution in [0.2, 0.25) is 0 Å². The Kier molecular flexibility index (Phi) is 6.41. The number of methoxy groups -OCH3 is 1. The number of benzene rings is 2. The lowest BCUT2D eigenvalue weighted by Crippen LogP contribution is -2.54.